The van der Waals surface area contributed by atoms with Crippen molar-refractivity contribution in [1.29, 1.82) is 0 Å². The average molecular weight is 469 g/mol. The number of piperidine rings is 1. The lowest BCUT2D eigenvalue weighted by Crippen LogP contribution is -2.49. The monoisotopic (exact) mass is 468 g/mol. The van der Waals surface area contributed by atoms with Gasteiger partial charge in [-0.3, -0.25) is 14.3 Å². The molecule has 1 aliphatic carbocycles. The first-order valence-electron chi connectivity index (χ1n) is 12.6. The van der Waals surface area contributed by atoms with Crippen LogP contribution in [0.15, 0.2) is 24.3 Å². The van der Waals surface area contributed by atoms with Crippen LogP contribution in [0.1, 0.15) is 73.8 Å². The standard InChI is InChI=1S/C25H36N6OS/c1-19(2)20-6-8-21(9-7-20)23(32)28-16-14-27(15-17-28)18-30-25(33)31(22-10-11-22)24(26-30)29-12-4-3-5-13-29/h6-9,19,22H,3-5,10-18H2,1-2H3. The van der Waals surface area contributed by atoms with Crippen molar-refractivity contribution >= 4 is 24.1 Å². The number of amides is 1. The molecule has 0 N–H and O–H groups in total. The number of carbonyl (C=O) groups excluding carboxylic acids is 1. The Morgan fingerprint density at radius 1 is 1.00 bits per heavy atom. The lowest BCUT2D eigenvalue weighted by atomic mass is 10.0. The number of rotatable bonds is 6. The van der Waals surface area contributed by atoms with Crippen LogP contribution in [0.4, 0.5) is 5.95 Å². The Hall–Kier alpha value is -2.19. The van der Waals surface area contributed by atoms with Crippen LogP contribution >= 0.6 is 12.2 Å². The van der Waals surface area contributed by atoms with Gasteiger partial charge in [0.15, 0.2) is 0 Å². The summed E-state index contributed by atoms with van der Waals surface area (Å²) in [5, 5.41) is 4.99. The number of piperazine rings is 1. The van der Waals surface area contributed by atoms with Crippen LogP contribution in [-0.4, -0.2) is 69.3 Å². The predicted molar refractivity (Wildman–Crippen MR) is 133 cm³/mol. The second-order valence-corrected chi connectivity index (χ2v) is 10.4. The van der Waals surface area contributed by atoms with Gasteiger partial charge in [-0.15, -0.1) is 5.10 Å². The molecular weight excluding hydrogens is 432 g/mol. The fraction of sp³-hybridized carbons (Fsp3) is 0.640. The van der Waals surface area contributed by atoms with Gasteiger partial charge in [-0.05, 0) is 67.9 Å². The van der Waals surface area contributed by atoms with Crippen LogP contribution in [-0.2, 0) is 6.67 Å². The maximum atomic E-state index is 13.0. The lowest BCUT2D eigenvalue weighted by molar-refractivity contribution is 0.0585. The average Bonchev–Trinajstić information content (AvgIpc) is 3.63. The second kappa shape index (κ2) is 9.58. The van der Waals surface area contributed by atoms with E-state index in [1.165, 1.54) is 37.7 Å². The minimum Gasteiger partial charge on any atom is -0.341 e. The molecule has 8 heteroatoms. The number of hydrogen-bond donors (Lipinski definition) is 0. The van der Waals surface area contributed by atoms with Crippen LogP contribution < -0.4 is 4.90 Å². The zero-order valence-electron chi connectivity index (χ0n) is 19.9. The van der Waals surface area contributed by atoms with Gasteiger partial charge in [0.2, 0.25) is 10.7 Å². The maximum Gasteiger partial charge on any atom is 0.253 e. The van der Waals surface area contributed by atoms with Crippen molar-refractivity contribution < 1.29 is 4.79 Å². The minimum atomic E-state index is 0.131. The molecule has 2 aromatic rings. The fourth-order valence-electron chi connectivity index (χ4n) is 4.94. The van der Waals surface area contributed by atoms with E-state index in [0.717, 1.165) is 55.6 Å². The van der Waals surface area contributed by atoms with Gasteiger partial charge >= 0.3 is 0 Å². The first-order chi connectivity index (χ1) is 16.0. The minimum absolute atomic E-state index is 0.131. The summed E-state index contributed by atoms with van der Waals surface area (Å²) >= 11 is 5.87. The molecular formula is C25H36N6OS. The van der Waals surface area contributed by atoms with Gasteiger partial charge in [-0.2, -0.15) is 0 Å². The summed E-state index contributed by atoms with van der Waals surface area (Å²) in [6, 6.07) is 8.61. The normalized spacial score (nSPS) is 20.0. The van der Waals surface area contributed by atoms with Crippen LogP contribution in [0.3, 0.4) is 0 Å². The van der Waals surface area contributed by atoms with E-state index >= 15 is 0 Å². The van der Waals surface area contributed by atoms with Crippen molar-refractivity contribution in [2.75, 3.05) is 44.2 Å². The lowest BCUT2D eigenvalue weighted by Gasteiger charge is -2.34. The molecule has 2 aliphatic heterocycles. The SMILES string of the molecule is CC(C)c1ccc(C(=O)N2CCN(Cn3nc(N4CCCCC4)n(C4CC4)c3=S)CC2)cc1. The smallest absolute Gasteiger partial charge is 0.253 e. The Balaban J connectivity index is 1.22. The molecule has 0 bridgehead atoms. The molecule has 1 saturated carbocycles. The summed E-state index contributed by atoms with van der Waals surface area (Å²) in [7, 11) is 0. The molecule has 178 valence electrons. The fourth-order valence-corrected chi connectivity index (χ4v) is 5.27. The molecule has 3 fully saturated rings. The summed E-state index contributed by atoms with van der Waals surface area (Å²) < 4.78 is 5.17. The van der Waals surface area contributed by atoms with E-state index in [-0.39, 0.29) is 5.91 Å². The van der Waals surface area contributed by atoms with Crippen molar-refractivity contribution in [3.8, 4) is 0 Å². The highest BCUT2D eigenvalue weighted by atomic mass is 32.1. The third-order valence-corrected chi connectivity index (χ3v) is 7.63. The molecule has 0 spiro atoms. The number of hydrogen-bond acceptors (Lipinski definition) is 5. The van der Waals surface area contributed by atoms with Crippen LogP contribution in [0, 0.1) is 4.77 Å². The summed E-state index contributed by atoms with van der Waals surface area (Å²) in [6.07, 6.45) is 6.20. The van der Waals surface area contributed by atoms with Crippen LogP contribution in [0.5, 0.6) is 0 Å². The van der Waals surface area contributed by atoms with E-state index in [9.17, 15) is 4.79 Å². The molecule has 1 aromatic heterocycles. The van der Waals surface area contributed by atoms with Crippen molar-refractivity contribution in [2.24, 2.45) is 0 Å². The first-order valence-corrected chi connectivity index (χ1v) is 13.0. The highest BCUT2D eigenvalue weighted by Gasteiger charge is 2.31. The zero-order chi connectivity index (χ0) is 22.9. The number of nitrogens with zero attached hydrogens (tertiary/aromatic N) is 6. The Bertz CT molecular complexity index is 1020. The molecule has 7 nitrogen and oxygen atoms in total. The van der Waals surface area contributed by atoms with Crippen LogP contribution in [0.25, 0.3) is 0 Å². The van der Waals surface area contributed by atoms with E-state index in [0.29, 0.717) is 18.6 Å². The molecule has 0 atom stereocenters. The summed E-state index contributed by atoms with van der Waals surface area (Å²) in [6.45, 7) is 10.4. The Kier molecular flexibility index (Phi) is 6.56. The van der Waals surface area contributed by atoms with Gasteiger partial charge < -0.3 is 9.80 Å². The summed E-state index contributed by atoms with van der Waals surface area (Å²) in [4.78, 5) is 19.7. The molecule has 1 amide bonds. The van der Waals surface area contributed by atoms with Crippen molar-refractivity contribution in [2.45, 2.75) is 64.6 Å². The summed E-state index contributed by atoms with van der Waals surface area (Å²) in [5.41, 5.74) is 2.05. The van der Waals surface area contributed by atoms with Crippen molar-refractivity contribution in [3.05, 3.63) is 40.2 Å². The third kappa shape index (κ3) is 4.87. The van der Waals surface area contributed by atoms with Gasteiger partial charge in [0, 0.05) is 50.9 Å². The highest BCUT2D eigenvalue weighted by molar-refractivity contribution is 7.71. The van der Waals surface area contributed by atoms with Crippen LogP contribution in [0.2, 0.25) is 0 Å². The van der Waals surface area contributed by atoms with Gasteiger partial charge in [-0.25, -0.2) is 4.68 Å². The molecule has 2 saturated heterocycles. The van der Waals surface area contributed by atoms with Crippen molar-refractivity contribution in [3.63, 3.8) is 0 Å². The number of aromatic nitrogens is 3. The molecule has 0 unspecified atom stereocenters. The second-order valence-electron chi connectivity index (χ2n) is 10.1. The topological polar surface area (TPSA) is 49.5 Å². The molecule has 3 heterocycles. The number of carbonyl (C=O) groups is 1. The Labute approximate surface area is 202 Å². The number of anilines is 1. The van der Waals surface area contributed by atoms with E-state index in [2.05, 4.69) is 40.3 Å². The Morgan fingerprint density at radius 3 is 2.27 bits per heavy atom. The van der Waals surface area contributed by atoms with Gasteiger partial charge in [0.05, 0.1) is 6.67 Å². The molecule has 33 heavy (non-hydrogen) atoms. The first kappa shape index (κ1) is 22.6. The van der Waals surface area contributed by atoms with Gasteiger partial charge in [0.25, 0.3) is 5.91 Å². The molecule has 1 aromatic carbocycles. The predicted octanol–water partition coefficient (Wildman–Crippen LogP) is 4.28. The van der Waals surface area contributed by atoms with E-state index < -0.39 is 0 Å². The Morgan fingerprint density at radius 2 is 1.67 bits per heavy atom. The van der Waals surface area contributed by atoms with E-state index in [1.54, 1.807) is 0 Å². The molecule has 3 aliphatic rings. The maximum absolute atomic E-state index is 13.0. The van der Waals surface area contributed by atoms with Crippen molar-refractivity contribution in [1.82, 2.24) is 24.1 Å². The molecule has 0 radical (unpaired) electrons. The number of benzene rings is 1. The van der Waals surface area contributed by atoms with Gasteiger partial charge in [0.1, 0.15) is 0 Å². The van der Waals surface area contributed by atoms with Gasteiger partial charge in [-0.1, -0.05) is 26.0 Å². The third-order valence-electron chi connectivity index (χ3n) is 7.22. The largest absolute Gasteiger partial charge is 0.341 e. The van der Waals surface area contributed by atoms with E-state index in [4.69, 9.17) is 17.3 Å². The molecule has 5 rings (SSSR count). The van der Waals surface area contributed by atoms with E-state index in [1.807, 2.05) is 21.7 Å². The highest BCUT2D eigenvalue weighted by Crippen LogP contribution is 2.38. The quantitative estimate of drug-likeness (QED) is 0.593. The zero-order valence-corrected chi connectivity index (χ0v) is 20.8. The summed E-state index contributed by atoms with van der Waals surface area (Å²) in [5.74, 6) is 1.68.